The monoisotopic (exact) mass is 210 g/mol. The minimum absolute atomic E-state index is 0.868. The minimum Gasteiger partial charge on any atom is -0.313 e. The Bertz CT molecular complexity index is 185. The molecule has 0 amide bonds. The third kappa shape index (κ3) is 5.33. The van der Waals surface area contributed by atoms with E-state index in [9.17, 15) is 0 Å². The topological polar surface area (TPSA) is 15.3 Å². The van der Waals surface area contributed by atoms with E-state index in [1.807, 2.05) is 0 Å². The maximum atomic E-state index is 4.15. The van der Waals surface area contributed by atoms with Crippen LogP contribution in [0.5, 0.6) is 0 Å². The number of rotatable bonds is 9. The van der Waals surface area contributed by atoms with Gasteiger partial charge in [-0.1, -0.05) is 20.4 Å². The summed E-state index contributed by atoms with van der Waals surface area (Å²) in [6, 6.07) is 0.868. The van der Waals surface area contributed by atoms with Gasteiger partial charge in [-0.2, -0.15) is 0 Å². The van der Waals surface area contributed by atoms with E-state index in [2.05, 4.69) is 30.6 Å². The molecule has 1 aliphatic rings. The average Bonchev–Trinajstić information content (AvgIpc) is 3.01. The number of hydrogen-bond donors (Lipinski definition) is 1. The van der Waals surface area contributed by atoms with Crippen LogP contribution in [0.25, 0.3) is 0 Å². The van der Waals surface area contributed by atoms with Crippen molar-refractivity contribution in [2.24, 2.45) is 0 Å². The van der Waals surface area contributed by atoms with Crippen molar-refractivity contribution in [3.05, 3.63) is 12.2 Å². The first-order chi connectivity index (χ1) is 7.27. The lowest BCUT2D eigenvalue weighted by molar-refractivity contribution is 0.284. The van der Waals surface area contributed by atoms with Crippen molar-refractivity contribution in [2.75, 3.05) is 26.2 Å². The van der Waals surface area contributed by atoms with Crippen molar-refractivity contribution in [3.63, 3.8) is 0 Å². The summed E-state index contributed by atoms with van der Waals surface area (Å²) in [6.45, 7) is 13.0. The summed E-state index contributed by atoms with van der Waals surface area (Å²) in [7, 11) is 0. The molecule has 1 saturated carbocycles. The molecule has 0 atom stereocenters. The fourth-order valence-electron chi connectivity index (χ4n) is 1.90. The largest absolute Gasteiger partial charge is 0.313 e. The van der Waals surface area contributed by atoms with Gasteiger partial charge in [-0.3, -0.25) is 4.90 Å². The molecule has 0 saturated heterocycles. The lowest BCUT2D eigenvalue weighted by Gasteiger charge is -2.22. The van der Waals surface area contributed by atoms with E-state index < -0.39 is 0 Å². The average molecular weight is 210 g/mol. The highest BCUT2D eigenvalue weighted by atomic mass is 15.2. The van der Waals surface area contributed by atoms with Crippen LogP contribution < -0.4 is 5.32 Å². The van der Waals surface area contributed by atoms with E-state index in [1.54, 1.807) is 0 Å². The first kappa shape index (κ1) is 12.7. The van der Waals surface area contributed by atoms with Crippen molar-refractivity contribution in [1.82, 2.24) is 10.2 Å². The molecule has 0 aliphatic heterocycles. The highest BCUT2D eigenvalue weighted by molar-refractivity contribution is 5.02. The molecule has 0 unspecified atom stereocenters. The minimum atomic E-state index is 0.868. The fourth-order valence-corrected chi connectivity index (χ4v) is 1.90. The Hall–Kier alpha value is -0.340. The van der Waals surface area contributed by atoms with Crippen LogP contribution in [0.2, 0.25) is 0 Å². The number of nitrogens with zero attached hydrogens (tertiary/aromatic N) is 1. The van der Waals surface area contributed by atoms with E-state index in [4.69, 9.17) is 0 Å². The zero-order valence-electron chi connectivity index (χ0n) is 10.4. The smallest absolute Gasteiger partial charge is 0.0205 e. The second-order valence-corrected chi connectivity index (χ2v) is 4.63. The Morgan fingerprint density at radius 3 is 2.60 bits per heavy atom. The molecule has 2 nitrogen and oxygen atoms in total. The molecule has 0 aromatic rings. The molecule has 88 valence electrons. The zero-order valence-corrected chi connectivity index (χ0v) is 10.4. The lowest BCUT2D eigenvalue weighted by atomic mass is 10.2. The maximum absolute atomic E-state index is 4.15. The molecular formula is C13H26N2. The van der Waals surface area contributed by atoms with Gasteiger partial charge >= 0.3 is 0 Å². The Morgan fingerprint density at radius 2 is 2.07 bits per heavy atom. The molecule has 1 N–H and O–H groups in total. The third-order valence-corrected chi connectivity index (χ3v) is 2.80. The molecule has 1 rings (SSSR count). The Morgan fingerprint density at radius 1 is 1.33 bits per heavy atom. The summed E-state index contributed by atoms with van der Waals surface area (Å²) in [5.74, 6) is 0. The van der Waals surface area contributed by atoms with Gasteiger partial charge in [0.15, 0.2) is 0 Å². The first-order valence-corrected chi connectivity index (χ1v) is 6.39. The van der Waals surface area contributed by atoms with Crippen LogP contribution in [0.3, 0.4) is 0 Å². The van der Waals surface area contributed by atoms with Crippen LogP contribution in [0.4, 0.5) is 0 Å². The lowest BCUT2D eigenvalue weighted by Crippen LogP contribution is -2.31. The standard InChI is InChI=1S/C13H26N2/c1-4-8-14-10-12(3)11-15(9-5-2)13-6-7-13/h13-14H,3-11H2,1-2H3. The van der Waals surface area contributed by atoms with Gasteiger partial charge in [0.2, 0.25) is 0 Å². The van der Waals surface area contributed by atoms with Crippen molar-refractivity contribution in [1.29, 1.82) is 0 Å². The van der Waals surface area contributed by atoms with Gasteiger partial charge in [-0.05, 0) is 44.3 Å². The van der Waals surface area contributed by atoms with Gasteiger partial charge in [0.05, 0.1) is 0 Å². The summed E-state index contributed by atoms with van der Waals surface area (Å²) in [6.07, 6.45) is 5.26. The van der Waals surface area contributed by atoms with Crippen molar-refractivity contribution < 1.29 is 0 Å². The molecule has 0 aromatic heterocycles. The van der Waals surface area contributed by atoms with E-state index in [1.165, 1.54) is 37.8 Å². The quantitative estimate of drug-likeness (QED) is 0.464. The molecule has 1 aliphatic carbocycles. The predicted molar refractivity (Wildman–Crippen MR) is 67.2 cm³/mol. The van der Waals surface area contributed by atoms with Crippen molar-refractivity contribution in [3.8, 4) is 0 Å². The molecule has 0 radical (unpaired) electrons. The molecule has 0 heterocycles. The van der Waals surface area contributed by atoms with Crippen LogP contribution >= 0.6 is 0 Å². The first-order valence-electron chi connectivity index (χ1n) is 6.39. The van der Waals surface area contributed by atoms with Gasteiger partial charge < -0.3 is 5.32 Å². The van der Waals surface area contributed by atoms with Crippen LogP contribution in [-0.2, 0) is 0 Å². The fraction of sp³-hybridized carbons (Fsp3) is 0.846. The Labute approximate surface area is 94.7 Å². The number of nitrogens with one attached hydrogen (secondary N) is 1. The highest BCUT2D eigenvalue weighted by Crippen LogP contribution is 2.27. The van der Waals surface area contributed by atoms with E-state index >= 15 is 0 Å². The van der Waals surface area contributed by atoms with Gasteiger partial charge in [-0.25, -0.2) is 0 Å². The van der Waals surface area contributed by atoms with Crippen LogP contribution in [0.15, 0.2) is 12.2 Å². The predicted octanol–water partition coefficient (Wildman–Crippen LogP) is 2.42. The van der Waals surface area contributed by atoms with Gasteiger partial charge in [0.25, 0.3) is 0 Å². The second-order valence-electron chi connectivity index (χ2n) is 4.63. The van der Waals surface area contributed by atoms with Crippen LogP contribution in [-0.4, -0.2) is 37.1 Å². The van der Waals surface area contributed by atoms with Gasteiger partial charge in [-0.15, -0.1) is 0 Å². The molecular weight excluding hydrogens is 184 g/mol. The normalized spacial score (nSPS) is 15.9. The molecule has 0 spiro atoms. The summed E-state index contributed by atoms with van der Waals surface area (Å²) in [5, 5.41) is 3.42. The van der Waals surface area contributed by atoms with E-state index in [0.29, 0.717) is 0 Å². The van der Waals surface area contributed by atoms with E-state index in [0.717, 1.165) is 25.7 Å². The SMILES string of the molecule is C=C(CNCCC)CN(CCC)C1CC1. The Balaban J connectivity index is 2.15. The van der Waals surface area contributed by atoms with Crippen LogP contribution in [0.1, 0.15) is 39.5 Å². The molecule has 15 heavy (non-hydrogen) atoms. The van der Waals surface area contributed by atoms with Crippen molar-refractivity contribution >= 4 is 0 Å². The van der Waals surface area contributed by atoms with Gasteiger partial charge in [0, 0.05) is 19.1 Å². The zero-order chi connectivity index (χ0) is 11.1. The maximum Gasteiger partial charge on any atom is 0.0205 e. The molecule has 2 heteroatoms. The molecule has 0 bridgehead atoms. The highest BCUT2D eigenvalue weighted by Gasteiger charge is 2.28. The third-order valence-electron chi connectivity index (χ3n) is 2.80. The summed E-state index contributed by atoms with van der Waals surface area (Å²) < 4.78 is 0. The van der Waals surface area contributed by atoms with Crippen LogP contribution in [0, 0.1) is 0 Å². The second kappa shape index (κ2) is 7.02. The van der Waals surface area contributed by atoms with E-state index in [-0.39, 0.29) is 0 Å². The Kier molecular flexibility index (Phi) is 5.96. The number of hydrogen-bond acceptors (Lipinski definition) is 2. The molecule has 1 fully saturated rings. The van der Waals surface area contributed by atoms with Gasteiger partial charge in [0.1, 0.15) is 0 Å². The molecule has 0 aromatic carbocycles. The summed E-state index contributed by atoms with van der Waals surface area (Å²) >= 11 is 0. The summed E-state index contributed by atoms with van der Waals surface area (Å²) in [5.41, 5.74) is 1.34. The summed E-state index contributed by atoms with van der Waals surface area (Å²) in [4.78, 5) is 2.59. The van der Waals surface area contributed by atoms with Crippen molar-refractivity contribution in [2.45, 2.75) is 45.6 Å².